The number of thiol groups is 1. The molecule has 18 heavy (non-hydrogen) atoms. The Balaban J connectivity index is 2.08. The van der Waals surface area contributed by atoms with Gasteiger partial charge in [0, 0.05) is 29.1 Å². The fraction of sp³-hybridized carbons (Fsp3) is 0.462. The number of carbonyl (C=O) groups excluding carboxylic acids is 1. The maximum absolute atomic E-state index is 12.3. The summed E-state index contributed by atoms with van der Waals surface area (Å²) in [6.45, 7) is 1.65. The van der Waals surface area contributed by atoms with Gasteiger partial charge in [0.15, 0.2) is 0 Å². The topological polar surface area (TPSA) is 40.5 Å². The summed E-state index contributed by atoms with van der Waals surface area (Å²) in [4.78, 5) is 14.9. The van der Waals surface area contributed by atoms with Crippen LogP contribution < -0.4 is 0 Å². The van der Waals surface area contributed by atoms with Crippen LogP contribution in [0, 0.1) is 5.92 Å². The number of rotatable bonds is 2. The van der Waals surface area contributed by atoms with E-state index in [1.807, 2.05) is 17.0 Å². The molecule has 3 nitrogen and oxygen atoms in total. The van der Waals surface area contributed by atoms with Gasteiger partial charge in [-0.25, -0.2) is 0 Å². The maximum atomic E-state index is 12.3. The molecule has 0 aromatic heterocycles. The van der Waals surface area contributed by atoms with Crippen LogP contribution in [0.3, 0.4) is 0 Å². The van der Waals surface area contributed by atoms with Crippen molar-refractivity contribution in [2.45, 2.75) is 17.7 Å². The molecule has 1 aromatic rings. The van der Waals surface area contributed by atoms with Crippen molar-refractivity contribution in [3.63, 3.8) is 0 Å². The highest BCUT2D eigenvalue weighted by Gasteiger charge is 2.24. The predicted octanol–water partition coefficient (Wildman–Crippen LogP) is 2.58. The molecule has 2 rings (SSSR count). The summed E-state index contributed by atoms with van der Waals surface area (Å²) < 4.78 is 0.919. The van der Waals surface area contributed by atoms with E-state index in [-0.39, 0.29) is 12.5 Å². The molecule has 0 spiro atoms. The van der Waals surface area contributed by atoms with Crippen LogP contribution in [0.5, 0.6) is 0 Å². The molecule has 1 aromatic carbocycles. The Morgan fingerprint density at radius 3 is 2.67 bits per heavy atom. The van der Waals surface area contributed by atoms with Gasteiger partial charge in [-0.15, -0.1) is 12.6 Å². The summed E-state index contributed by atoms with van der Waals surface area (Å²) in [5.41, 5.74) is 0.643. The van der Waals surface area contributed by atoms with Gasteiger partial charge in [-0.1, -0.05) is 15.9 Å². The van der Waals surface area contributed by atoms with Gasteiger partial charge in [0.2, 0.25) is 0 Å². The molecule has 1 saturated heterocycles. The highest BCUT2D eigenvalue weighted by atomic mass is 79.9. The van der Waals surface area contributed by atoms with Crippen LogP contribution in [0.4, 0.5) is 0 Å². The van der Waals surface area contributed by atoms with E-state index in [1.54, 1.807) is 6.07 Å². The first-order chi connectivity index (χ1) is 8.61. The zero-order chi connectivity index (χ0) is 13.1. The van der Waals surface area contributed by atoms with Crippen LogP contribution >= 0.6 is 28.6 Å². The van der Waals surface area contributed by atoms with E-state index in [4.69, 9.17) is 5.11 Å². The van der Waals surface area contributed by atoms with Gasteiger partial charge in [0.05, 0.1) is 5.56 Å². The highest BCUT2D eigenvalue weighted by molar-refractivity contribution is 9.10. The Hall–Kier alpha value is -0.520. The molecule has 1 N–H and O–H groups in total. The molecule has 1 heterocycles. The summed E-state index contributed by atoms with van der Waals surface area (Å²) >= 11 is 7.70. The number of aliphatic hydroxyl groups is 1. The van der Waals surface area contributed by atoms with E-state index in [9.17, 15) is 4.79 Å². The van der Waals surface area contributed by atoms with Crippen LogP contribution in [-0.2, 0) is 0 Å². The second kappa shape index (κ2) is 6.08. The van der Waals surface area contributed by atoms with Crippen LogP contribution in [0.2, 0.25) is 0 Å². The van der Waals surface area contributed by atoms with Crippen molar-refractivity contribution in [1.29, 1.82) is 0 Å². The van der Waals surface area contributed by atoms with Gasteiger partial charge < -0.3 is 10.0 Å². The SMILES string of the molecule is O=C(c1ccc(Br)cc1S)N1CCC(CO)CC1. The van der Waals surface area contributed by atoms with Gasteiger partial charge in [-0.2, -0.15) is 0 Å². The van der Waals surface area contributed by atoms with E-state index in [0.717, 1.165) is 17.3 Å². The fourth-order valence-electron chi connectivity index (χ4n) is 2.17. The Kier molecular flexibility index (Phi) is 4.70. The van der Waals surface area contributed by atoms with Gasteiger partial charge in [-0.3, -0.25) is 4.79 Å². The fourth-order valence-corrected chi connectivity index (χ4v) is 3.02. The lowest BCUT2D eigenvalue weighted by Gasteiger charge is -2.31. The first-order valence-electron chi connectivity index (χ1n) is 6.00. The zero-order valence-corrected chi connectivity index (χ0v) is 12.5. The Labute approximate surface area is 121 Å². The zero-order valence-electron chi connectivity index (χ0n) is 9.97. The van der Waals surface area contributed by atoms with E-state index < -0.39 is 0 Å². The van der Waals surface area contributed by atoms with Crippen molar-refractivity contribution in [2.75, 3.05) is 19.7 Å². The number of carbonyl (C=O) groups is 1. The van der Waals surface area contributed by atoms with Crippen LogP contribution in [0.15, 0.2) is 27.6 Å². The summed E-state index contributed by atoms with van der Waals surface area (Å²) in [5.74, 6) is 0.373. The number of halogens is 1. The number of aliphatic hydroxyl groups excluding tert-OH is 1. The molecule has 1 amide bonds. The molecule has 98 valence electrons. The minimum absolute atomic E-state index is 0.0314. The second-order valence-electron chi connectivity index (χ2n) is 4.58. The molecule has 0 saturated carbocycles. The van der Waals surface area contributed by atoms with Gasteiger partial charge >= 0.3 is 0 Å². The second-order valence-corrected chi connectivity index (χ2v) is 5.98. The number of hydrogen-bond donors (Lipinski definition) is 2. The smallest absolute Gasteiger partial charge is 0.254 e. The third-order valence-electron chi connectivity index (χ3n) is 3.35. The van der Waals surface area contributed by atoms with Crippen LogP contribution in [0.1, 0.15) is 23.2 Å². The van der Waals surface area contributed by atoms with Crippen LogP contribution in [-0.4, -0.2) is 35.6 Å². The lowest BCUT2D eigenvalue weighted by atomic mass is 9.97. The number of likely N-dealkylation sites (tertiary alicyclic amines) is 1. The summed E-state index contributed by atoms with van der Waals surface area (Å²) in [6, 6.07) is 5.48. The molecule has 1 aliphatic heterocycles. The van der Waals surface area contributed by atoms with Gasteiger partial charge in [-0.05, 0) is 37.0 Å². The average Bonchev–Trinajstić information content (AvgIpc) is 2.38. The van der Waals surface area contributed by atoms with E-state index in [2.05, 4.69) is 28.6 Å². The monoisotopic (exact) mass is 329 g/mol. The minimum Gasteiger partial charge on any atom is -0.396 e. The molecule has 1 fully saturated rings. The molecule has 0 unspecified atom stereocenters. The lowest BCUT2D eigenvalue weighted by molar-refractivity contribution is 0.0647. The molecular formula is C13H16BrNO2S. The number of amides is 1. The molecule has 5 heteroatoms. The molecule has 1 aliphatic rings. The van der Waals surface area contributed by atoms with Crippen molar-refractivity contribution in [3.05, 3.63) is 28.2 Å². The number of benzene rings is 1. The Morgan fingerprint density at radius 2 is 2.11 bits per heavy atom. The molecule has 0 aliphatic carbocycles. The first-order valence-corrected chi connectivity index (χ1v) is 7.24. The Bertz CT molecular complexity index is 445. The third-order valence-corrected chi connectivity index (χ3v) is 4.21. The number of nitrogens with zero attached hydrogens (tertiary/aromatic N) is 1. The summed E-state index contributed by atoms with van der Waals surface area (Å²) in [7, 11) is 0. The number of piperidine rings is 1. The van der Waals surface area contributed by atoms with Crippen molar-refractivity contribution in [1.82, 2.24) is 4.90 Å². The standard InChI is InChI=1S/C13H16BrNO2S/c14-10-1-2-11(12(18)7-10)13(17)15-5-3-9(8-16)4-6-15/h1-2,7,9,16,18H,3-6,8H2. The molecule has 0 radical (unpaired) electrons. The first kappa shape index (κ1) is 13.9. The molecule has 0 bridgehead atoms. The van der Waals surface area contributed by atoms with Crippen molar-refractivity contribution < 1.29 is 9.90 Å². The largest absolute Gasteiger partial charge is 0.396 e. The summed E-state index contributed by atoms with van der Waals surface area (Å²) in [6.07, 6.45) is 1.75. The van der Waals surface area contributed by atoms with Crippen molar-refractivity contribution >= 4 is 34.5 Å². The normalized spacial score (nSPS) is 16.9. The Morgan fingerprint density at radius 1 is 1.44 bits per heavy atom. The quantitative estimate of drug-likeness (QED) is 0.819. The average molecular weight is 330 g/mol. The number of hydrogen-bond acceptors (Lipinski definition) is 3. The molecule has 0 atom stereocenters. The van der Waals surface area contributed by atoms with Crippen molar-refractivity contribution in [2.24, 2.45) is 5.92 Å². The highest BCUT2D eigenvalue weighted by Crippen LogP contribution is 2.23. The van der Waals surface area contributed by atoms with E-state index >= 15 is 0 Å². The third kappa shape index (κ3) is 3.08. The molecular weight excluding hydrogens is 314 g/mol. The summed E-state index contributed by atoms with van der Waals surface area (Å²) in [5, 5.41) is 9.09. The maximum Gasteiger partial charge on any atom is 0.254 e. The van der Waals surface area contributed by atoms with Crippen molar-refractivity contribution in [3.8, 4) is 0 Å². The van der Waals surface area contributed by atoms with Gasteiger partial charge in [0.25, 0.3) is 5.91 Å². The predicted molar refractivity (Wildman–Crippen MR) is 77.1 cm³/mol. The lowest BCUT2D eigenvalue weighted by Crippen LogP contribution is -2.39. The van der Waals surface area contributed by atoms with Gasteiger partial charge in [0.1, 0.15) is 0 Å². The van der Waals surface area contributed by atoms with E-state index in [0.29, 0.717) is 29.5 Å². The van der Waals surface area contributed by atoms with Crippen LogP contribution in [0.25, 0.3) is 0 Å². The van der Waals surface area contributed by atoms with E-state index in [1.165, 1.54) is 0 Å². The minimum atomic E-state index is 0.0314.